The van der Waals surface area contributed by atoms with Gasteiger partial charge in [0.25, 0.3) is 5.91 Å². The lowest BCUT2D eigenvalue weighted by molar-refractivity contribution is -0.127. The van der Waals surface area contributed by atoms with E-state index in [1.54, 1.807) is 6.92 Å². The molecule has 6 heteroatoms. The highest BCUT2D eigenvalue weighted by Gasteiger charge is 2.15. The van der Waals surface area contributed by atoms with Gasteiger partial charge >= 0.3 is 0 Å². The molecule has 0 unspecified atom stereocenters. The van der Waals surface area contributed by atoms with Crippen molar-refractivity contribution in [1.29, 1.82) is 0 Å². The van der Waals surface area contributed by atoms with Gasteiger partial charge in [-0.2, -0.15) is 0 Å². The normalized spacial score (nSPS) is 11.5. The van der Waals surface area contributed by atoms with Gasteiger partial charge in [-0.15, -0.1) is 0 Å². The third kappa shape index (κ3) is 5.20. The lowest BCUT2D eigenvalue weighted by Crippen LogP contribution is -2.48. The lowest BCUT2D eigenvalue weighted by Gasteiger charge is -2.17. The third-order valence-electron chi connectivity index (χ3n) is 4.32. The Labute approximate surface area is 170 Å². The SMILES string of the molecule is CCc1ccc(NC(=S)NNC(=O)[C@H](C)Oc2ccc3ccccc3c2)cc1. The summed E-state index contributed by atoms with van der Waals surface area (Å²) in [5.41, 5.74) is 7.36. The van der Waals surface area contributed by atoms with Crippen molar-refractivity contribution >= 4 is 39.7 Å². The number of nitrogens with one attached hydrogen (secondary N) is 3. The Bertz CT molecular complexity index is 973. The van der Waals surface area contributed by atoms with Crippen LogP contribution in [-0.4, -0.2) is 17.1 Å². The molecule has 0 aliphatic rings. The molecule has 0 bridgehead atoms. The summed E-state index contributed by atoms with van der Waals surface area (Å²) in [6, 6.07) is 21.7. The van der Waals surface area contributed by atoms with Crippen LogP contribution in [0.25, 0.3) is 10.8 Å². The van der Waals surface area contributed by atoms with Gasteiger partial charge in [0.15, 0.2) is 11.2 Å². The molecule has 144 valence electrons. The molecular weight excluding hydrogens is 370 g/mol. The van der Waals surface area contributed by atoms with E-state index in [1.807, 2.05) is 66.7 Å². The van der Waals surface area contributed by atoms with Crippen LogP contribution in [0.2, 0.25) is 0 Å². The van der Waals surface area contributed by atoms with Crippen LogP contribution < -0.4 is 20.9 Å². The summed E-state index contributed by atoms with van der Waals surface area (Å²) in [7, 11) is 0. The zero-order chi connectivity index (χ0) is 19.9. The summed E-state index contributed by atoms with van der Waals surface area (Å²) in [6.45, 7) is 3.79. The maximum absolute atomic E-state index is 12.3. The summed E-state index contributed by atoms with van der Waals surface area (Å²) < 4.78 is 5.74. The summed E-state index contributed by atoms with van der Waals surface area (Å²) in [4.78, 5) is 12.3. The van der Waals surface area contributed by atoms with Gasteiger partial charge in [0.05, 0.1) is 0 Å². The molecule has 0 heterocycles. The maximum Gasteiger partial charge on any atom is 0.279 e. The van der Waals surface area contributed by atoms with Crippen molar-refractivity contribution in [3.05, 3.63) is 72.3 Å². The van der Waals surface area contributed by atoms with E-state index in [0.29, 0.717) is 10.9 Å². The minimum Gasteiger partial charge on any atom is -0.481 e. The Morgan fingerprint density at radius 3 is 2.43 bits per heavy atom. The van der Waals surface area contributed by atoms with Gasteiger partial charge in [0.2, 0.25) is 0 Å². The molecule has 0 radical (unpaired) electrons. The van der Waals surface area contributed by atoms with Crippen LogP contribution in [0.4, 0.5) is 5.69 Å². The van der Waals surface area contributed by atoms with Gasteiger partial charge in [-0.25, -0.2) is 0 Å². The number of fused-ring (bicyclic) bond motifs is 1. The van der Waals surface area contributed by atoms with Crippen LogP contribution in [0.5, 0.6) is 5.75 Å². The molecular formula is C22H23N3O2S. The van der Waals surface area contributed by atoms with Crippen LogP contribution in [0.1, 0.15) is 19.4 Å². The van der Waals surface area contributed by atoms with E-state index < -0.39 is 6.10 Å². The predicted molar refractivity (Wildman–Crippen MR) is 117 cm³/mol. The first-order valence-corrected chi connectivity index (χ1v) is 9.57. The molecule has 3 rings (SSSR count). The van der Waals surface area contributed by atoms with Crippen molar-refractivity contribution in [2.24, 2.45) is 0 Å². The number of amides is 1. The fourth-order valence-corrected chi connectivity index (χ4v) is 2.87. The van der Waals surface area contributed by atoms with Crippen molar-refractivity contribution in [3.63, 3.8) is 0 Å². The van der Waals surface area contributed by atoms with Gasteiger partial charge in [0.1, 0.15) is 5.75 Å². The number of carbonyl (C=O) groups is 1. The van der Waals surface area contributed by atoms with Gasteiger partial charge in [-0.05, 0) is 66.2 Å². The molecule has 5 nitrogen and oxygen atoms in total. The molecule has 1 atom stereocenters. The summed E-state index contributed by atoms with van der Waals surface area (Å²) in [5, 5.41) is 5.51. The van der Waals surface area contributed by atoms with Crippen molar-refractivity contribution in [2.75, 3.05) is 5.32 Å². The average Bonchev–Trinajstić information content (AvgIpc) is 2.72. The van der Waals surface area contributed by atoms with E-state index in [4.69, 9.17) is 17.0 Å². The quantitative estimate of drug-likeness (QED) is 0.448. The van der Waals surface area contributed by atoms with E-state index in [1.165, 1.54) is 5.56 Å². The second kappa shape index (κ2) is 9.19. The van der Waals surface area contributed by atoms with Gasteiger partial charge < -0.3 is 10.1 Å². The van der Waals surface area contributed by atoms with Crippen LogP contribution in [0.15, 0.2) is 66.7 Å². The fraction of sp³-hybridized carbons (Fsp3) is 0.182. The first kappa shape index (κ1) is 19.6. The number of thiocarbonyl (C=S) groups is 1. The highest BCUT2D eigenvalue weighted by atomic mass is 32.1. The Morgan fingerprint density at radius 1 is 1.00 bits per heavy atom. The maximum atomic E-state index is 12.3. The number of anilines is 1. The number of rotatable bonds is 5. The van der Waals surface area contributed by atoms with Gasteiger partial charge in [-0.1, -0.05) is 49.4 Å². The molecule has 3 aromatic rings. The Hall–Kier alpha value is -3.12. The molecule has 1 amide bonds. The van der Waals surface area contributed by atoms with E-state index in [-0.39, 0.29) is 5.91 Å². The van der Waals surface area contributed by atoms with Crippen molar-refractivity contribution in [1.82, 2.24) is 10.9 Å². The van der Waals surface area contributed by atoms with Crippen LogP contribution >= 0.6 is 12.2 Å². The first-order chi connectivity index (χ1) is 13.5. The lowest BCUT2D eigenvalue weighted by atomic mass is 10.1. The van der Waals surface area contributed by atoms with Crippen molar-refractivity contribution in [2.45, 2.75) is 26.4 Å². The number of carbonyl (C=O) groups excluding carboxylic acids is 1. The highest BCUT2D eigenvalue weighted by Crippen LogP contribution is 2.21. The summed E-state index contributed by atoms with van der Waals surface area (Å²) in [6.07, 6.45) is 0.300. The molecule has 0 spiro atoms. The molecule has 0 aliphatic heterocycles. The second-order valence-electron chi connectivity index (χ2n) is 6.39. The Morgan fingerprint density at radius 2 is 1.71 bits per heavy atom. The Kier molecular flexibility index (Phi) is 6.45. The molecule has 0 saturated heterocycles. The molecule has 3 aromatic carbocycles. The number of benzene rings is 3. The van der Waals surface area contributed by atoms with Crippen LogP contribution in [-0.2, 0) is 11.2 Å². The topological polar surface area (TPSA) is 62.4 Å². The number of hydrogen-bond donors (Lipinski definition) is 3. The fourth-order valence-electron chi connectivity index (χ4n) is 2.70. The van der Waals surface area contributed by atoms with Gasteiger partial charge in [-0.3, -0.25) is 15.6 Å². The van der Waals surface area contributed by atoms with Crippen molar-refractivity contribution < 1.29 is 9.53 Å². The molecule has 0 aromatic heterocycles. The largest absolute Gasteiger partial charge is 0.481 e. The monoisotopic (exact) mass is 393 g/mol. The highest BCUT2D eigenvalue weighted by molar-refractivity contribution is 7.80. The van der Waals surface area contributed by atoms with Crippen molar-refractivity contribution in [3.8, 4) is 5.75 Å². The van der Waals surface area contributed by atoms with E-state index in [0.717, 1.165) is 22.9 Å². The minimum absolute atomic E-state index is 0.301. The third-order valence-corrected chi connectivity index (χ3v) is 4.53. The zero-order valence-electron chi connectivity index (χ0n) is 15.9. The summed E-state index contributed by atoms with van der Waals surface area (Å²) in [5.74, 6) is 0.316. The smallest absolute Gasteiger partial charge is 0.279 e. The number of hydrazine groups is 1. The molecule has 3 N–H and O–H groups in total. The van der Waals surface area contributed by atoms with E-state index >= 15 is 0 Å². The molecule has 0 fully saturated rings. The number of hydrogen-bond acceptors (Lipinski definition) is 3. The average molecular weight is 394 g/mol. The zero-order valence-corrected chi connectivity index (χ0v) is 16.7. The van der Waals surface area contributed by atoms with E-state index in [9.17, 15) is 4.79 Å². The van der Waals surface area contributed by atoms with E-state index in [2.05, 4.69) is 23.1 Å². The predicted octanol–water partition coefficient (Wildman–Crippen LogP) is 4.19. The molecule has 0 aliphatic carbocycles. The minimum atomic E-state index is -0.680. The molecule has 0 saturated carbocycles. The summed E-state index contributed by atoms with van der Waals surface area (Å²) >= 11 is 5.21. The van der Waals surface area contributed by atoms with Crippen LogP contribution in [0, 0.1) is 0 Å². The van der Waals surface area contributed by atoms with Gasteiger partial charge in [0, 0.05) is 5.69 Å². The Balaban J connectivity index is 1.49. The number of aryl methyl sites for hydroxylation is 1. The molecule has 28 heavy (non-hydrogen) atoms. The van der Waals surface area contributed by atoms with Crippen LogP contribution in [0.3, 0.4) is 0 Å². The second-order valence-corrected chi connectivity index (χ2v) is 6.80. The number of ether oxygens (including phenoxy) is 1. The first-order valence-electron chi connectivity index (χ1n) is 9.16. The standard InChI is InChI=1S/C22H23N3O2S/c1-3-16-8-11-19(12-9-16)23-22(28)25-24-21(26)15(2)27-20-13-10-17-6-4-5-7-18(17)14-20/h4-15H,3H2,1-2H3,(H,24,26)(H2,23,25,28)/t15-/m0/s1.